The van der Waals surface area contributed by atoms with E-state index in [1.54, 1.807) is 25.4 Å². The van der Waals surface area contributed by atoms with Crippen LogP contribution in [0.2, 0.25) is 0 Å². The van der Waals surface area contributed by atoms with Crippen LogP contribution < -0.4 is 5.73 Å². The minimum absolute atomic E-state index is 0.117. The Morgan fingerprint density at radius 2 is 1.96 bits per heavy atom. The molecule has 0 spiro atoms. The Labute approximate surface area is 136 Å². The molecule has 2 heterocycles. The highest BCUT2D eigenvalue weighted by Gasteiger charge is 2.23. The monoisotopic (exact) mass is 319 g/mol. The first kappa shape index (κ1) is 14.3. The van der Waals surface area contributed by atoms with Crippen molar-refractivity contribution in [1.29, 1.82) is 0 Å². The van der Waals surface area contributed by atoms with Crippen LogP contribution in [0.1, 0.15) is 33.2 Å². The van der Waals surface area contributed by atoms with Crippen molar-refractivity contribution in [1.82, 2.24) is 19.5 Å². The number of allylic oxidation sites excluding steroid dienone is 2. The lowest BCUT2D eigenvalue weighted by molar-refractivity contribution is 0.0984. The van der Waals surface area contributed by atoms with Crippen molar-refractivity contribution >= 4 is 28.5 Å². The van der Waals surface area contributed by atoms with E-state index in [1.165, 1.54) is 12.4 Å². The predicted molar refractivity (Wildman–Crippen MR) is 87.7 cm³/mol. The fourth-order valence-electron chi connectivity index (χ4n) is 2.86. The molecule has 0 saturated heterocycles. The van der Waals surface area contributed by atoms with Gasteiger partial charge >= 0.3 is 0 Å². The maximum atomic E-state index is 12.3. The summed E-state index contributed by atoms with van der Waals surface area (Å²) < 4.78 is 1.83. The van der Waals surface area contributed by atoms with Crippen LogP contribution in [0.5, 0.6) is 0 Å². The number of carbonyl (C=O) groups is 2. The van der Waals surface area contributed by atoms with Gasteiger partial charge in [-0.15, -0.1) is 0 Å². The molecule has 7 heteroatoms. The van der Waals surface area contributed by atoms with Gasteiger partial charge in [-0.2, -0.15) is 0 Å². The van der Waals surface area contributed by atoms with Crippen LogP contribution >= 0.6 is 0 Å². The number of benzene rings is 1. The summed E-state index contributed by atoms with van der Waals surface area (Å²) in [7, 11) is 0. The van der Waals surface area contributed by atoms with E-state index >= 15 is 0 Å². The van der Waals surface area contributed by atoms with Crippen LogP contribution in [0, 0.1) is 0 Å². The van der Waals surface area contributed by atoms with Gasteiger partial charge in [-0.05, 0) is 30.7 Å². The first-order chi connectivity index (χ1) is 11.5. The maximum Gasteiger partial charge on any atom is 0.189 e. The normalized spacial score (nSPS) is 14.0. The Morgan fingerprint density at radius 1 is 1.12 bits per heavy atom. The summed E-state index contributed by atoms with van der Waals surface area (Å²) in [6, 6.07) is 5.27. The third kappa shape index (κ3) is 2.10. The summed E-state index contributed by atoms with van der Waals surface area (Å²) in [5, 5.41) is 0. The fraction of sp³-hybridized carbons (Fsp3) is 0.118. The molecule has 1 aliphatic carbocycles. The summed E-state index contributed by atoms with van der Waals surface area (Å²) in [6.07, 6.45) is 4.40. The van der Waals surface area contributed by atoms with Crippen molar-refractivity contribution in [3.8, 4) is 0 Å². The Kier molecular flexibility index (Phi) is 3.02. The third-order valence-electron chi connectivity index (χ3n) is 4.08. The largest absolute Gasteiger partial charge is 0.382 e. The minimum Gasteiger partial charge on any atom is -0.382 e. The number of Topliss-reactive ketones (excluding diaryl/α,β-unsaturated/α-hetero) is 1. The number of nitrogens with two attached hydrogens (primary N) is 1. The van der Waals surface area contributed by atoms with Gasteiger partial charge in [0.15, 0.2) is 23.0 Å². The molecule has 24 heavy (non-hydrogen) atoms. The second-order valence-electron chi connectivity index (χ2n) is 5.70. The number of rotatable bonds is 2. The molecule has 0 atom stereocenters. The molecule has 118 valence electrons. The van der Waals surface area contributed by atoms with Crippen molar-refractivity contribution in [3.63, 3.8) is 0 Å². The number of fused-ring (bicyclic) bond motifs is 2. The molecule has 1 aliphatic rings. The van der Waals surface area contributed by atoms with Gasteiger partial charge in [-0.1, -0.05) is 6.07 Å². The Balaban J connectivity index is 1.75. The molecular formula is C17H13N5O2. The van der Waals surface area contributed by atoms with E-state index < -0.39 is 0 Å². The molecule has 1 aromatic carbocycles. The van der Waals surface area contributed by atoms with Gasteiger partial charge in [0, 0.05) is 16.7 Å². The maximum absolute atomic E-state index is 12.3. The standard InChI is InChI=1S/C17H13N5O2/c1-9-4-13(23)11-3-2-10(5-12(11)15(9)24)6-22-8-21-14-16(18)19-7-20-17(14)22/h2-5,7-8H,6H2,1H3,(H2,18,19,20). The van der Waals surface area contributed by atoms with E-state index in [-0.39, 0.29) is 11.6 Å². The predicted octanol–water partition coefficient (Wildman–Crippen LogP) is 1.78. The lowest BCUT2D eigenvalue weighted by atomic mass is 9.89. The van der Waals surface area contributed by atoms with Gasteiger partial charge in [0.05, 0.1) is 12.9 Å². The van der Waals surface area contributed by atoms with Crippen LogP contribution in [-0.4, -0.2) is 31.1 Å². The van der Waals surface area contributed by atoms with E-state index in [0.29, 0.717) is 40.2 Å². The highest BCUT2D eigenvalue weighted by molar-refractivity contribution is 6.24. The van der Waals surface area contributed by atoms with Crippen molar-refractivity contribution in [2.24, 2.45) is 0 Å². The molecule has 4 rings (SSSR count). The minimum atomic E-state index is -0.137. The Hall–Kier alpha value is -3.35. The van der Waals surface area contributed by atoms with E-state index in [4.69, 9.17) is 5.73 Å². The summed E-state index contributed by atoms with van der Waals surface area (Å²) in [4.78, 5) is 36.6. The Morgan fingerprint density at radius 3 is 2.79 bits per heavy atom. The highest BCUT2D eigenvalue weighted by Crippen LogP contribution is 2.23. The molecule has 2 N–H and O–H groups in total. The number of nitrogen functional groups attached to an aromatic ring is 1. The zero-order chi connectivity index (χ0) is 16.8. The average molecular weight is 319 g/mol. The zero-order valence-corrected chi connectivity index (χ0v) is 12.9. The van der Waals surface area contributed by atoms with Gasteiger partial charge in [0.2, 0.25) is 0 Å². The summed E-state index contributed by atoms with van der Waals surface area (Å²) in [5.41, 5.74) is 9.17. The molecule has 0 unspecified atom stereocenters. The SMILES string of the molecule is CC1=CC(=O)c2ccc(Cn3cnc4c(N)ncnc43)cc2C1=O. The van der Waals surface area contributed by atoms with Gasteiger partial charge < -0.3 is 10.3 Å². The molecule has 3 aromatic rings. The molecule has 2 aromatic heterocycles. The smallest absolute Gasteiger partial charge is 0.189 e. The van der Waals surface area contributed by atoms with E-state index in [9.17, 15) is 9.59 Å². The first-order valence-electron chi connectivity index (χ1n) is 7.36. The lowest BCUT2D eigenvalue weighted by Gasteiger charge is -2.14. The van der Waals surface area contributed by atoms with Crippen molar-refractivity contribution in [2.75, 3.05) is 5.73 Å². The summed E-state index contributed by atoms with van der Waals surface area (Å²) >= 11 is 0. The van der Waals surface area contributed by atoms with Gasteiger partial charge in [0.25, 0.3) is 0 Å². The van der Waals surface area contributed by atoms with Crippen LogP contribution in [-0.2, 0) is 6.54 Å². The van der Waals surface area contributed by atoms with Crippen LogP contribution in [0.4, 0.5) is 5.82 Å². The lowest BCUT2D eigenvalue weighted by Crippen LogP contribution is -2.16. The summed E-state index contributed by atoms with van der Waals surface area (Å²) in [5.74, 6) is 0.0708. The molecule has 0 amide bonds. The molecule has 0 saturated carbocycles. The second-order valence-corrected chi connectivity index (χ2v) is 5.70. The quantitative estimate of drug-likeness (QED) is 0.772. The van der Waals surface area contributed by atoms with E-state index in [1.807, 2.05) is 10.6 Å². The third-order valence-corrected chi connectivity index (χ3v) is 4.08. The van der Waals surface area contributed by atoms with Crippen LogP contribution in [0.25, 0.3) is 11.2 Å². The molecule has 0 bridgehead atoms. The molecule has 0 aliphatic heterocycles. The highest BCUT2D eigenvalue weighted by atomic mass is 16.1. The number of nitrogens with zero attached hydrogens (tertiary/aromatic N) is 4. The van der Waals surface area contributed by atoms with Crippen molar-refractivity contribution in [2.45, 2.75) is 13.5 Å². The second kappa shape index (κ2) is 5.09. The van der Waals surface area contributed by atoms with Crippen LogP contribution in [0.15, 0.2) is 42.5 Å². The number of ketones is 2. The molecule has 0 fully saturated rings. The number of hydrogen-bond donors (Lipinski definition) is 1. The fourth-order valence-corrected chi connectivity index (χ4v) is 2.86. The molecule has 7 nitrogen and oxygen atoms in total. The number of carbonyl (C=O) groups excluding carboxylic acids is 2. The molecule has 0 radical (unpaired) electrons. The number of aromatic nitrogens is 4. The van der Waals surface area contributed by atoms with Crippen molar-refractivity contribution < 1.29 is 9.59 Å². The van der Waals surface area contributed by atoms with Gasteiger partial charge in [0.1, 0.15) is 11.8 Å². The topological polar surface area (TPSA) is 104 Å². The molecular weight excluding hydrogens is 306 g/mol. The zero-order valence-electron chi connectivity index (χ0n) is 12.9. The van der Waals surface area contributed by atoms with Crippen LogP contribution in [0.3, 0.4) is 0 Å². The number of anilines is 1. The number of imidazole rings is 1. The van der Waals surface area contributed by atoms with Gasteiger partial charge in [-0.25, -0.2) is 15.0 Å². The summed E-state index contributed by atoms with van der Waals surface area (Å²) in [6.45, 7) is 2.11. The number of hydrogen-bond acceptors (Lipinski definition) is 6. The van der Waals surface area contributed by atoms with E-state index in [2.05, 4.69) is 15.0 Å². The van der Waals surface area contributed by atoms with Gasteiger partial charge in [-0.3, -0.25) is 9.59 Å². The van der Waals surface area contributed by atoms with Crippen molar-refractivity contribution in [3.05, 3.63) is 59.2 Å². The Bertz CT molecular complexity index is 1050. The van der Waals surface area contributed by atoms with E-state index in [0.717, 1.165) is 5.56 Å². The average Bonchev–Trinajstić information content (AvgIpc) is 2.97. The first-order valence-corrected chi connectivity index (χ1v) is 7.36.